The van der Waals surface area contributed by atoms with Crippen molar-refractivity contribution >= 4 is 11.7 Å². The Morgan fingerprint density at radius 1 is 1.06 bits per heavy atom. The zero-order chi connectivity index (χ0) is 22.2. The summed E-state index contributed by atoms with van der Waals surface area (Å²) in [5, 5.41) is 7.69. The first kappa shape index (κ1) is 20.0. The minimum atomic E-state index is -0.356. The summed E-state index contributed by atoms with van der Waals surface area (Å²) in [7, 11) is 4.74. The topological polar surface area (TPSA) is 100 Å². The fourth-order valence-electron chi connectivity index (χ4n) is 4.57. The van der Waals surface area contributed by atoms with E-state index in [9.17, 15) is 4.79 Å². The summed E-state index contributed by atoms with van der Waals surface area (Å²) in [6, 6.07) is 7.28. The summed E-state index contributed by atoms with van der Waals surface area (Å²) in [6.07, 6.45) is 5.98. The van der Waals surface area contributed by atoms with Gasteiger partial charge in [0.25, 0.3) is 0 Å². The Kier molecular flexibility index (Phi) is 5.01. The van der Waals surface area contributed by atoms with Crippen LogP contribution < -0.4 is 19.5 Å². The van der Waals surface area contributed by atoms with Gasteiger partial charge in [0, 0.05) is 30.1 Å². The van der Waals surface area contributed by atoms with Crippen molar-refractivity contribution in [3.63, 3.8) is 0 Å². The summed E-state index contributed by atoms with van der Waals surface area (Å²) < 4.78 is 18.2. The fourth-order valence-corrected chi connectivity index (χ4v) is 4.57. The standard InChI is InChI=1S/C23H23N5O4/c1-30-18-9-15(10-19(31-2)22(18)32-3)14-7-16-20(17(29)8-14)21(13-5-4-6-24-11-13)28-23(27-16)25-12-26-28/h4-6,9-12,14,21H,7-8H2,1-3H3,(H,25,26,27)/t14-,21+/m0/s1. The second-order valence-electron chi connectivity index (χ2n) is 7.72. The van der Waals surface area contributed by atoms with Crippen molar-refractivity contribution in [3.05, 3.63) is 65.4 Å². The van der Waals surface area contributed by atoms with Gasteiger partial charge in [-0.25, -0.2) is 4.68 Å². The molecule has 1 aliphatic carbocycles. The number of methoxy groups -OCH3 is 3. The van der Waals surface area contributed by atoms with Crippen LogP contribution in [0.4, 0.5) is 5.95 Å². The number of hydrogen-bond acceptors (Lipinski definition) is 8. The minimum Gasteiger partial charge on any atom is -0.493 e. The molecule has 0 saturated heterocycles. The van der Waals surface area contributed by atoms with Crippen molar-refractivity contribution < 1.29 is 19.0 Å². The largest absolute Gasteiger partial charge is 0.493 e. The molecule has 0 fully saturated rings. The molecule has 3 aromatic rings. The molecule has 2 atom stereocenters. The van der Waals surface area contributed by atoms with Crippen LogP contribution in [0.15, 0.2) is 54.3 Å². The van der Waals surface area contributed by atoms with E-state index in [-0.39, 0.29) is 17.7 Å². The number of nitrogens with one attached hydrogen (secondary N) is 1. The van der Waals surface area contributed by atoms with Crippen molar-refractivity contribution in [1.29, 1.82) is 0 Å². The average molecular weight is 433 g/mol. The van der Waals surface area contributed by atoms with Crippen molar-refractivity contribution in [1.82, 2.24) is 19.7 Å². The molecule has 2 aliphatic rings. The minimum absolute atomic E-state index is 0.0496. The fraction of sp³-hybridized carbons (Fsp3) is 0.304. The lowest BCUT2D eigenvalue weighted by Crippen LogP contribution is -2.33. The Morgan fingerprint density at radius 2 is 1.84 bits per heavy atom. The van der Waals surface area contributed by atoms with Gasteiger partial charge in [0.2, 0.25) is 11.7 Å². The van der Waals surface area contributed by atoms with Crippen molar-refractivity contribution in [2.24, 2.45) is 0 Å². The molecule has 3 heterocycles. The molecule has 1 aliphatic heterocycles. The van der Waals surface area contributed by atoms with Gasteiger partial charge in [-0.05, 0) is 41.7 Å². The third kappa shape index (κ3) is 3.17. The molecule has 32 heavy (non-hydrogen) atoms. The predicted octanol–water partition coefficient (Wildman–Crippen LogP) is 3.11. The Hall–Kier alpha value is -3.88. The van der Waals surface area contributed by atoms with Gasteiger partial charge in [0.1, 0.15) is 12.4 Å². The number of carbonyl (C=O) groups is 1. The summed E-state index contributed by atoms with van der Waals surface area (Å²) in [5.74, 6) is 2.29. The van der Waals surface area contributed by atoms with Crippen LogP contribution in [-0.2, 0) is 4.79 Å². The van der Waals surface area contributed by atoms with E-state index in [1.54, 1.807) is 38.4 Å². The van der Waals surface area contributed by atoms with Gasteiger partial charge in [-0.1, -0.05) is 6.07 Å². The molecule has 0 unspecified atom stereocenters. The summed E-state index contributed by atoms with van der Waals surface area (Å²) in [4.78, 5) is 22.1. The monoisotopic (exact) mass is 433 g/mol. The van der Waals surface area contributed by atoms with Crippen LogP contribution >= 0.6 is 0 Å². The lowest BCUT2D eigenvalue weighted by Gasteiger charge is -2.35. The SMILES string of the molecule is COc1cc([C@@H]2CC(=O)C3=C(C2)Nc2ncnn2[C@@H]3c2cccnc2)cc(OC)c1OC. The summed E-state index contributed by atoms with van der Waals surface area (Å²) in [6.45, 7) is 0. The van der Waals surface area contributed by atoms with E-state index >= 15 is 0 Å². The van der Waals surface area contributed by atoms with Gasteiger partial charge >= 0.3 is 0 Å². The molecular formula is C23H23N5O4. The Labute approximate surface area is 185 Å². The quantitative estimate of drug-likeness (QED) is 0.655. The number of benzene rings is 1. The first-order chi connectivity index (χ1) is 15.6. The molecule has 9 nitrogen and oxygen atoms in total. The van der Waals surface area contributed by atoms with Gasteiger partial charge in [-0.15, -0.1) is 0 Å². The van der Waals surface area contributed by atoms with Crippen LogP contribution in [0.3, 0.4) is 0 Å². The second-order valence-corrected chi connectivity index (χ2v) is 7.72. The van der Waals surface area contributed by atoms with Crippen LogP contribution in [0.1, 0.15) is 35.9 Å². The highest BCUT2D eigenvalue weighted by Gasteiger charge is 2.39. The van der Waals surface area contributed by atoms with Crippen LogP contribution in [-0.4, -0.2) is 46.9 Å². The molecule has 164 valence electrons. The predicted molar refractivity (Wildman–Crippen MR) is 116 cm³/mol. The number of nitrogens with zero attached hydrogens (tertiary/aromatic N) is 4. The number of hydrogen-bond donors (Lipinski definition) is 1. The van der Waals surface area contributed by atoms with E-state index in [2.05, 4.69) is 20.4 Å². The molecule has 2 aromatic heterocycles. The summed E-state index contributed by atoms with van der Waals surface area (Å²) in [5.41, 5.74) is 3.41. The molecule has 5 rings (SSSR count). The lowest BCUT2D eigenvalue weighted by atomic mass is 9.78. The maximum absolute atomic E-state index is 13.5. The highest BCUT2D eigenvalue weighted by molar-refractivity contribution is 6.00. The van der Waals surface area contributed by atoms with E-state index < -0.39 is 0 Å². The summed E-state index contributed by atoms with van der Waals surface area (Å²) >= 11 is 0. The second kappa shape index (κ2) is 7.99. The smallest absolute Gasteiger partial charge is 0.226 e. The number of aromatic nitrogens is 4. The molecular weight excluding hydrogens is 410 g/mol. The van der Waals surface area contributed by atoms with Gasteiger partial charge in [0.05, 0.1) is 21.3 Å². The Morgan fingerprint density at radius 3 is 2.50 bits per heavy atom. The number of carbonyl (C=O) groups excluding carboxylic acids is 1. The zero-order valence-electron chi connectivity index (χ0n) is 18.0. The van der Waals surface area contributed by atoms with E-state index in [4.69, 9.17) is 14.2 Å². The molecule has 0 spiro atoms. The number of ether oxygens (including phenoxy) is 3. The lowest BCUT2D eigenvalue weighted by molar-refractivity contribution is -0.116. The third-order valence-electron chi connectivity index (χ3n) is 6.02. The zero-order valence-corrected chi connectivity index (χ0v) is 18.0. The number of pyridine rings is 1. The van der Waals surface area contributed by atoms with Crippen molar-refractivity contribution in [3.8, 4) is 17.2 Å². The average Bonchev–Trinajstić information content (AvgIpc) is 3.30. The molecule has 1 aromatic carbocycles. The molecule has 0 saturated carbocycles. The van der Waals surface area contributed by atoms with E-state index in [1.807, 2.05) is 24.3 Å². The van der Waals surface area contributed by atoms with Crippen molar-refractivity contribution in [2.75, 3.05) is 26.6 Å². The maximum Gasteiger partial charge on any atom is 0.226 e. The normalized spacial score (nSPS) is 19.7. The van der Waals surface area contributed by atoms with Crippen LogP contribution in [0.5, 0.6) is 17.2 Å². The molecule has 0 amide bonds. The molecule has 1 N–H and O–H groups in total. The van der Waals surface area contributed by atoms with Crippen molar-refractivity contribution in [2.45, 2.75) is 24.8 Å². The van der Waals surface area contributed by atoms with Gasteiger partial charge < -0.3 is 19.5 Å². The maximum atomic E-state index is 13.5. The van der Waals surface area contributed by atoms with Crippen LogP contribution in [0, 0.1) is 0 Å². The van der Waals surface area contributed by atoms with Gasteiger partial charge in [-0.2, -0.15) is 10.1 Å². The third-order valence-corrected chi connectivity index (χ3v) is 6.02. The number of Topliss-reactive ketones (excluding diaryl/α,β-unsaturated/α-hetero) is 1. The highest BCUT2D eigenvalue weighted by Crippen LogP contribution is 2.46. The van der Waals surface area contributed by atoms with E-state index in [1.165, 1.54) is 6.33 Å². The number of anilines is 1. The van der Waals surface area contributed by atoms with Gasteiger partial charge in [0.15, 0.2) is 17.3 Å². The van der Waals surface area contributed by atoms with Crippen LogP contribution in [0.2, 0.25) is 0 Å². The Bertz CT molecular complexity index is 1180. The first-order valence-corrected chi connectivity index (χ1v) is 10.3. The Balaban J connectivity index is 1.57. The van der Waals surface area contributed by atoms with Crippen LogP contribution in [0.25, 0.3) is 0 Å². The number of allylic oxidation sites excluding steroid dienone is 2. The first-order valence-electron chi connectivity index (χ1n) is 10.3. The molecule has 0 radical (unpaired) electrons. The van der Waals surface area contributed by atoms with E-state index in [0.717, 1.165) is 16.8 Å². The highest BCUT2D eigenvalue weighted by atomic mass is 16.5. The number of rotatable bonds is 5. The number of fused-ring (bicyclic) bond motifs is 1. The number of ketones is 1. The van der Waals surface area contributed by atoms with Gasteiger partial charge in [-0.3, -0.25) is 9.78 Å². The van der Waals surface area contributed by atoms with E-state index in [0.29, 0.717) is 41.6 Å². The molecule has 9 heteroatoms. The molecule has 0 bridgehead atoms.